The first-order chi connectivity index (χ1) is 21.2. The molecule has 0 unspecified atom stereocenters. The van der Waals surface area contributed by atoms with Gasteiger partial charge in [-0.05, 0) is 71.6 Å². The third kappa shape index (κ3) is 6.36. The largest absolute Gasteiger partial charge is 0.353 e. The first-order valence-electron chi connectivity index (χ1n) is 14.1. The standard InChI is InChI=1S/C32H30FN7O3S/c1-3-4-8-30(41)36-23-14-21(17-34-18-23)26-9-10-28-31(38-26)32(40-39-28)29-15-25-24(6-5-7-27(25)37-29)20-11-19(12-22(33)13-20)16-35-44(2,42)43/h5-7,9-15,17-18,35,37H,3-4,8,16H2,1-2H3,(H,36,41)(H,39,40). The highest BCUT2D eigenvalue weighted by Crippen LogP contribution is 2.35. The minimum Gasteiger partial charge on any atom is -0.353 e. The molecule has 0 atom stereocenters. The smallest absolute Gasteiger partial charge is 0.224 e. The molecular weight excluding hydrogens is 581 g/mol. The van der Waals surface area contributed by atoms with E-state index in [-0.39, 0.29) is 12.5 Å². The number of halogens is 1. The minimum atomic E-state index is -3.43. The van der Waals surface area contributed by atoms with E-state index in [1.165, 1.54) is 12.1 Å². The molecule has 0 bridgehead atoms. The Labute approximate surface area is 253 Å². The summed E-state index contributed by atoms with van der Waals surface area (Å²) in [7, 11) is -3.43. The number of hydrogen-bond acceptors (Lipinski definition) is 6. The lowest BCUT2D eigenvalue weighted by molar-refractivity contribution is -0.116. The van der Waals surface area contributed by atoms with Crippen molar-refractivity contribution < 1.29 is 17.6 Å². The van der Waals surface area contributed by atoms with E-state index in [1.54, 1.807) is 18.5 Å². The molecule has 6 rings (SSSR count). The fraction of sp³-hybridized carbons (Fsp3) is 0.188. The third-order valence-corrected chi connectivity index (χ3v) is 7.88. The predicted molar refractivity (Wildman–Crippen MR) is 170 cm³/mol. The van der Waals surface area contributed by atoms with E-state index in [4.69, 9.17) is 4.98 Å². The molecule has 0 aliphatic heterocycles. The van der Waals surface area contributed by atoms with Gasteiger partial charge in [0.15, 0.2) is 0 Å². The minimum absolute atomic E-state index is 0.0190. The molecule has 224 valence electrons. The van der Waals surface area contributed by atoms with Crippen LogP contribution in [0.1, 0.15) is 31.7 Å². The number of carbonyl (C=O) groups excluding carboxylic acids is 1. The summed E-state index contributed by atoms with van der Waals surface area (Å²) >= 11 is 0. The van der Waals surface area contributed by atoms with Crippen molar-refractivity contribution in [3.8, 4) is 33.8 Å². The maximum Gasteiger partial charge on any atom is 0.224 e. The summed E-state index contributed by atoms with van der Waals surface area (Å²) in [5.74, 6) is -0.515. The van der Waals surface area contributed by atoms with E-state index in [2.05, 4.69) is 30.2 Å². The monoisotopic (exact) mass is 611 g/mol. The van der Waals surface area contributed by atoms with Gasteiger partial charge >= 0.3 is 0 Å². The number of amides is 1. The van der Waals surface area contributed by atoms with E-state index < -0.39 is 15.8 Å². The maximum atomic E-state index is 14.6. The van der Waals surface area contributed by atoms with Gasteiger partial charge in [0.1, 0.15) is 17.0 Å². The molecule has 4 N–H and O–H groups in total. The fourth-order valence-corrected chi connectivity index (χ4v) is 5.54. The van der Waals surface area contributed by atoms with Crippen molar-refractivity contribution in [2.45, 2.75) is 32.7 Å². The van der Waals surface area contributed by atoms with Gasteiger partial charge in [0.05, 0.1) is 35.0 Å². The lowest BCUT2D eigenvalue weighted by Crippen LogP contribution is -2.21. The molecule has 0 spiro atoms. The van der Waals surface area contributed by atoms with E-state index in [1.807, 2.05) is 49.4 Å². The Morgan fingerprint density at radius 3 is 2.68 bits per heavy atom. The number of aromatic nitrogens is 5. The first-order valence-corrected chi connectivity index (χ1v) is 16.0. The molecule has 0 aliphatic carbocycles. The zero-order chi connectivity index (χ0) is 30.8. The Kier molecular flexibility index (Phi) is 7.93. The van der Waals surface area contributed by atoms with Gasteiger partial charge in [-0.2, -0.15) is 5.10 Å². The van der Waals surface area contributed by atoms with Crippen LogP contribution in [-0.4, -0.2) is 45.7 Å². The summed E-state index contributed by atoms with van der Waals surface area (Å²) in [5, 5.41) is 11.3. The van der Waals surface area contributed by atoms with Crippen LogP contribution in [0.15, 0.2) is 73.1 Å². The highest BCUT2D eigenvalue weighted by atomic mass is 32.2. The summed E-state index contributed by atoms with van der Waals surface area (Å²) in [6, 6.07) is 17.8. The van der Waals surface area contributed by atoms with Crippen molar-refractivity contribution in [1.82, 2.24) is 29.9 Å². The van der Waals surface area contributed by atoms with Crippen LogP contribution in [0, 0.1) is 5.82 Å². The number of sulfonamides is 1. The molecule has 0 saturated carbocycles. The van der Waals surface area contributed by atoms with Gasteiger partial charge in [0.2, 0.25) is 15.9 Å². The van der Waals surface area contributed by atoms with Crippen molar-refractivity contribution in [1.29, 1.82) is 0 Å². The Balaban J connectivity index is 1.35. The molecular formula is C32H30FN7O3S. The second-order valence-corrected chi connectivity index (χ2v) is 12.5. The zero-order valence-corrected chi connectivity index (χ0v) is 24.9. The van der Waals surface area contributed by atoms with Crippen LogP contribution in [0.4, 0.5) is 10.1 Å². The quantitative estimate of drug-likeness (QED) is 0.146. The number of pyridine rings is 2. The average Bonchev–Trinajstić information content (AvgIpc) is 3.62. The summed E-state index contributed by atoms with van der Waals surface area (Å²) in [5.41, 5.74) is 7.47. The van der Waals surface area contributed by atoms with Crippen LogP contribution >= 0.6 is 0 Å². The van der Waals surface area contributed by atoms with Crippen molar-refractivity contribution in [3.63, 3.8) is 0 Å². The molecule has 6 aromatic rings. The number of fused-ring (bicyclic) bond motifs is 2. The number of carbonyl (C=O) groups is 1. The maximum absolute atomic E-state index is 14.6. The SMILES string of the molecule is CCCCC(=O)Nc1cncc(-c2ccc3[nH]nc(-c4cc5c(-c6cc(F)cc(CNS(C)(=O)=O)c6)cccc5[nH]4)c3n2)c1. The Hall–Kier alpha value is -4.94. The molecule has 1 amide bonds. The lowest BCUT2D eigenvalue weighted by Gasteiger charge is -2.08. The van der Waals surface area contributed by atoms with Gasteiger partial charge in [-0.15, -0.1) is 0 Å². The van der Waals surface area contributed by atoms with Crippen LogP contribution in [-0.2, 0) is 21.4 Å². The van der Waals surface area contributed by atoms with E-state index in [9.17, 15) is 17.6 Å². The summed E-state index contributed by atoms with van der Waals surface area (Å²) in [6.45, 7) is 2.02. The van der Waals surface area contributed by atoms with Crippen molar-refractivity contribution in [2.75, 3.05) is 11.6 Å². The molecule has 0 radical (unpaired) electrons. The second-order valence-electron chi connectivity index (χ2n) is 10.7. The van der Waals surface area contributed by atoms with Crippen molar-refractivity contribution in [2.24, 2.45) is 0 Å². The summed E-state index contributed by atoms with van der Waals surface area (Å²) in [6.07, 6.45) is 6.59. The topological polar surface area (TPSA) is 146 Å². The van der Waals surface area contributed by atoms with Crippen molar-refractivity contribution >= 4 is 43.6 Å². The van der Waals surface area contributed by atoms with Crippen LogP contribution in [0.3, 0.4) is 0 Å². The molecule has 0 saturated heterocycles. The van der Waals surface area contributed by atoms with Crippen LogP contribution in [0.25, 0.3) is 55.7 Å². The highest BCUT2D eigenvalue weighted by Gasteiger charge is 2.17. The summed E-state index contributed by atoms with van der Waals surface area (Å²) < 4.78 is 40.2. The Bertz CT molecular complexity index is 2120. The number of anilines is 1. The number of aromatic amines is 2. The number of H-pyrrole nitrogens is 2. The third-order valence-electron chi connectivity index (χ3n) is 7.21. The first kappa shape index (κ1) is 29.1. The number of rotatable bonds is 10. The molecule has 44 heavy (non-hydrogen) atoms. The van der Waals surface area contributed by atoms with Gasteiger partial charge in [-0.25, -0.2) is 22.5 Å². The van der Waals surface area contributed by atoms with E-state index in [0.717, 1.165) is 46.6 Å². The number of unbranched alkanes of at least 4 members (excludes halogenated alkanes) is 1. The predicted octanol–water partition coefficient (Wildman–Crippen LogP) is 6.15. The summed E-state index contributed by atoms with van der Waals surface area (Å²) in [4.78, 5) is 24.8. The van der Waals surface area contributed by atoms with Gasteiger partial charge in [0.25, 0.3) is 0 Å². The number of benzene rings is 2. The van der Waals surface area contributed by atoms with Crippen LogP contribution < -0.4 is 10.0 Å². The Morgan fingerprint density at radius 2 is 1.86 bits per heavy atom. The number of nitrogens with zero attached hydrogens (tertiary/aromatic N) is 3. The molecule has 2 aromatic carbocycles. The van der Waals surface area contributed by atoms with Crippen LogP contribution in [0.5, 0.6) is 0 Å². The molecule has 0 aliphatic rings. The van der Waals surface area contributed by atoms with E-state index >= 15 is 0 Å². The fourth-order valence-electron chi connectivity index (χ4n) is 5.11. The van der Waals surface area contributed by atoms with Gasteiger partial charge in [-0.3, -0.25) is 14.9 Å². The molecule has 10 nitrogen and oxygen atoms in total. The van der Waals surface area contributed by atoms with Gasteiger partial charge < -0.3 is 10.3 Å². The number of nitrogens with one attached hydrogen (secondary N) is 4. The van der Waals surface area contributed by atoms with Gasteiger partial charge in [-0.1, -0.05) is 25.5 Å². The molecule has 0 fully saturated rings. The average molecular weight is 612 g/mol. The zero-order valence-electron chi connectivity index (χ0n) is 24.1. The lowest BCUT2D eigenvalue weighted by atomic mass is 9.99. The molecule has 4 heterocycles. The molecule has 4 aromatic heterocycles. The van der Waals surface area contributed by atoms with Gasteiger partial charge in [0, 0.05) is 35.6 Å². The van der Waals surface area contributed by atoms with Crippen LogP contribution in [0.2, 0.25) is 0 Å². The Morgan fingerprint density at radius 1 is 1.00 bits per heavy atom. The van der Waals surface area contributed by atoms with Crippen molar-refractivity contribution in [3.05, 3.63) is 84.4 Å². The number of hydrogen-bond donors (Lipinski definition) is 4. The normalized spacial score (nSPS) is 11.8. The highest BCUT2D eigenvalue weighted by molar-refractivity contribution is 7.88. The second kappa shape index (κ2) is 12.0. The van der Waals surface area contributed by atoms with E-state index in [0.29, 0.717) is 45.8 Å². The molecule has 12 heteroatoms.